The molecular weight excluding hydrogens is 551 g/mol. The molecule has 2 amide bonds. The predicted molar refractivity (Wildman–Crippen MR) is 135 cm³/mol. The van der Waals surface area contributed by atoms with Crippen LogP contribution < -0.4 is 5.32 Å². The summed E-state index contributed by atoms with van der Waals surface area (Å²) in [6.45, 7) is 6.89. The van der Waals surface area contributed by atoms with Gasteiger partial charge in [0.05, 0.1) is 13.0 Å². The minimum absolute atomic E-state index is 0.0339. The second kappa shape index (κ2) is 14.0. The van der Waals surface area contributed by atoms with E-state index in [9.17, 15) is 28.8 Å². The summed E-state index contributed by atoms with van der Waals surface area (Å²) in [5.41, 5.74) is -0.707. The van der Waals surface area contributed by atoms with Gasteiger partial charge in [-0.05, 0) is 26.3 Å². The highest BCUT2D eigenvalue weighted by atomic mass is 35.5. The number of carbonyl (C=O) groups excluding carboxylic acids is 4. The van der Waals surface area contributed by atoms with Crippen LogP contribution in [0.5, 0.6) is 0 Å². The number of hydrogen-bond acceptors (Lipinski definition) is 11. The zero-order valence-corrected chi connectivity index (χ0v) is 23.6. The molecule has 15 heteroatoms. The number of aliphatic hydroxyl groups is 1. The van der Waals surface area contributed by atoms with E-state index in [2.05, 4.69) is 5.32 Å². The minimum Gasteiger partial charge on any atom is -0.450 e. The molecule has 1 fully saturated rings. The Kier molecular flexibility index (Phi) is 11.9. The Labute approximate surface area is 225 Å². The van der Waals surface area contributed by atoms with Crippen molar-refractivity contribution in [3.63, 3.8) is 0 Å². The number of alkyl halides is 1. The van der Waals surface area contributed by atoms with Crippen molar-refractivity contribution < 1.29 is 47.4 Å². The Bertz CT molecular complexity index is 916. The van der Waals surface area contributed by atoms with Gasteiger partial charge in [-0.15, -0.1) is 20.6 Å². The highest BCUT2D eigenvalue weighted by molar-refractivity contribution is 8.13. The SMILES string of the molecule is CCOC(=O)NCCC(C)(C)C(=O)SCCO[P+](=O)OC[C@H]1O[C@@H](N2C=CC(=O)CC2=O)[C@](C)(Cl)[C@@H]1O. The van der Waals surface area contributed by atoms with Crippen LogP contribution in [-0.2, 0) is 37.5 Å². The summed E-state index contributed by atoms with van der Waals surface area (Å²) in [6, 6.07) is 0. The Morgan fingerprint density at radius 2 is 2.08 bits per heavy atom. The number of ketones is 1. The molecule has 0 radical (unpaired) electrons. The first kappa shape index (κ1) is 31.6. The van der Waals surface area contributed by atoms with E-state index in [0.29, 0.717) is 6.42 Å². The Morgan fingerprint density at radius 1 is 1.38 bits per heavy atom. The fraction of sp³-hybridized carbons (Fsp3) is 0.727. The number of thioether (sulfide) groups is 1. The largest absolute Gasteiger partial charge is 0.697 e. The molecule has 0 saturated carbocycles. The van der Waals surface area contributed by atoms with E-state index in [1.54, 1.807) is 20.8 Å². The van der Waals surface area contributed by atoms with E-state index < -0.39 is 49.0 Å². The summed E-state index contributed by atoms with van der Waals surface area (Å²) >= 11 is 7.46. The maximum absolute atomic E-state index is 12.5. The summed E-state index contributed by atoms with van der Waals surface area (Å²) in [4.78, 5) is 47.2. The molecule has 0 aromatic rings. The van der Waals surface area contributed by atoms with E-state index in [0.717, 1.165) is 16.7 Å². The smallest absolute Gasteiger partial charge is 0.450 e. The van der Waals surface area contributed by atoms with Gasteiger partial charge in [0.15, 0.2) is 17.1 Å². The third kappa shape index (κ3) is 8.98. The van der Waals surface area contributed by atoms with Gasteiger partial charge in [-0.2, -0.15) is 0 Å². The molecule has 0 aliphatic carbocycles. The van der Waals surface area contributed by atoms with Crippen molar-refractivity contribution in [2.24, 2.45) is 5.41 Å². The molecule has 0 spiro atoms. The third-order valence-electron chi connectivity index (χ3n) is 5.71. The van der Waals surface area contributed by atoms with Gasteiger partial charge < -0.3 is 19.9 Å². The molecule has 2 heterocycles. The molecule has 208 valence electrons. The molecule has 37 heavy (non-hydrogen) atoms. The molecule has 12 nitrogen and oxygen atoms in total. The zero-order valence-electron chi connectivity index (χ0n) is 21.1. The van der Waals surface area contributed by atoms with E-state index in [1.165, 1.54) is 19.2 Å². The minimum atomic E-state index is -2.58. The first-order valence-electron chi connectivity index (χ1n) is 11.6. The topological polar surface area (TPSA) is 158 Å². The monoisotopic (exact) mass is 583 g/mol. The van der Waals surface area contributed by atoms with Crippen LogP contribution in [0, 0.1) is 5.41 Å². The lowest BCUT2D eigenvalue weighted by atomic mass is 9.91. The molecule has 2 aliphatic heterocycles. The van der Waals surface area contributed by atoms with Crippen LogP contribution in [0.25, 0.3) is 0 Å². The van der Waals surface area contributed by atoms with Crippen molar-refractivity contribution in [2.45, 2.75) is 63.8 Å². The first-order chi connectivity index (χ1) is 17.3. The van der Waals surface area contributed by atoms with Crippen LogP contribution in [0.4, 0.5) is 4.79 Å². The average molecular weight is 584 g/mol. The molecule has 0 bridgehead atoms. The van der Waals surface area contributed by atoms with Crippen molar-refractivity contribution in [3.8, 4) is 0 Å². The van der Waals surface area contributed by atoms with Crippen LogP contribution >= 0.6 is 31.6 Å². The number of allylic oxidation sites excluding steroid dienone is 1. The summed E-state index contributed by atoms with van der Waals surface area (Å²) in [6.07, 6.45) is -1.31. The van der Waals surface area contributed by atoms with E-state index in [4.69, 9.17) is 30.1 Å². The Balaban J connectivity index is 1.72. The molecular formula is C22H33ClN2O10PS+. The maximum atomic E-state index is 12.5. The second-order valence-corrected chi connectivity index (χ2v) is 12.0. The number of aliphatic hydroxyl groups excluding tert-OH is 1. The quantitative estimate of drug-likeness (QED) is 0.142. The highest BCUT2D eigenvalue weighted by Gasteiger charge is 2.56. The van der Waals surface area contributed by atoms with Gasteiger partial charge in [0.25, 0.3) is 0 Å². The third-order valence-corrected chi connectivity index (χ3v) is 8.06. The fourth-order valence-corrected chi connectivity index (χ4v) is 5.33. The predicted octanol–water partition coefficient (Wildman–Crippen LogP) is 2.50. The molecule has 2 N–H and O–H groups in total. The van der Waals surface area contributed by atoms with E-state index in [1.807, 2.05) is 0 Å². The average Bonchev–Trinajstić information content (AvgIpc) is 3.03. The molecule has 0 aromatic carbocycles. The summed E-state index contributed by atoms with van der Waals surface area (Å²) in [7, 11) is -2.58. The Morgan fingerprint density at radius 3 is 2.73 bits per heavy atom. The van der Waals surface area contributed by atoms with Crippen LogP contribution in [-0.4, -0.2) is 88.3 Å². The lowest BCUT2D eigenvalue weighted by Gasteiger charge is -2.34. The number of halogens is 1. The number of hydrogen-bond donors (Lipinski definition) is 2. The van der Waals surface area contributed by atoms with Gasteiger partial charge in [-0.3, -0.25) is 19.3 Å². The number of amides is 2. The van der Waals surface area contributed by atoms with Gasteiger partial charge >= 0.3 is 14.3 Å². The normalized spacial score (nSPS) is 26.4. The standard InChI is InChI=1S/C22H32ClN2O10PS/c1-5-32-20(30)24-8-7-21(2,3)19(29)37-11-10-33-36(31)34-13-15-17(28)22(4,23)18(35-15)25-9-6-14(26)12-16(25)27/h6,9,15,17-18,28H,5,7-8,10-13H2,1-4H3/p+1/t15-,17-,18-,22-/m1/s1. The number of carbonyl (C=O) groups is 4. The number of alkyl carbamates (subject to hydrolysis) is 1. The molecule has 1 saturated heterocycles. The number of rotatable bonds is 13. The van der Waals surface area contributed by atoms with Crippen LogP contribution in [0.2, 0.25) is 0 Å². The van der Waals surface area contributed by atoms with Crippen molar-refractivity contribution in [1.82, 2.24) is 10.2 Å². The van der Waals surface area contributed by atoms with Crippen molar-refractivity contribution in [3.05, 3.63) is 12.3 Å². The van der Waals surface area contributed by atoms with Gasteiger partial charge in [-0.25, -0.2) is 4.79 Å². The molecule has 5 atom stereocenters. The molecule has 1 unspecified atom stereocenters. The van der Waals surface area contributed by atoms with E-state index in [-0.39, 0.29) is 49.4 Å². The van der Waals surface area contributed by atoms with Crippen LogP contribution in [0.1, 0.15) is 40.5 Å². The van der Waals surface area contributed by atoms with Crippen molar-refractivity contribution in [1.29, 1.82) is 0 Å². The van der Waals surface area contributed by atoms with Gasteiger partial charge in [-0.1, -0.05) is 25.6 Å². The van der Waals surface area contributed by atoms with Crippen molar-refractivity contribution >= 4 is 54.5 Å². The number of nitrogens with one attached hydrogen (secondary N) is 1. The number of nitrogens with zero attached hydrogens (tertiary/aromatic N) is 1. The lowest BCUT2D eigenvalue weighted by molar-refractivity contribution is -0.145. The zero-order chi connectivity index (χ0) is 27.8. The van der Waals surface area contributed by atoms with Gasteiger partial charge in [0.2, 0.25) is 5.91 Å². The molecule has 2 aliphatic rings. The van der Waals surface area contributed by atoms with Crippen LogP contribution in [0.3, 0.4) is 0 Å². The number of ether oxygens (including phenoxy) is 2. The Hall–Kier alpha value is -1.60. The maximum Gasteiger partial charge on any atom is 0.697 e. The lowest BCUT2D eigenvalue weighted by Crippen LogP contribution is -2.50. The molecule has 2 rings (SSSR count). The van der Waals surface area contributed by atoms with Crippen LogP contribution in [0.15, 0.2) is 12.3 Å². The second-order valence-electron chi connectivity index (χ2n) is 9.15. The van der Waals surface area contributed by atoms with Gasteiger partial charge in [0.1, 0.15) is 30.3 Å². The summed E-state index contributed by atoms with van der Waals surface area (Å²) in [5, 5.41) is 13.0. The summed E-state index contributed by atoms with van der Waals surface area (Å²) < 4.78 is 32.9. The summed E-state index contributed by atoms with van der Waals surface area (Å²) in [5.74, 6) is -0.637. The highest BCUT2D eigenvalue weighted by Crippen LogP contribution is 2.40. The molecule has 0 aromatic heterocycles. The fourth-order valence-electron chi connectivity index (χ4n) is 3.48. The van der Waals surface area contributed by atoms with Gasteiger partial charge in [0, 0.05) is 28.5 Å². The van der Waals surface area contributed by atoms with Crippen molar-refractivity contribution in [2.75, 3.05) is 32.1 Å². The first-order valence-corrected chi connectivity index (χ1v) is 14.1. The van der Waals surface area contributed by atoms with E-state index >= 15 is 0 Å².